The highest BCUT2D eigenvalue weighted by Gasteiger charge is 2.19. The summed E-state index contributed by atoms with van der Waals surface area (Å²) in [6.07, 6.45) is 3.19. The molecule has 0 spiro atoms. The molecular formula is C20H20N2O5. The highest BCUT2D eigenvalue weighted by molar-refractivity contribution is 5.89. The average Bonchev–Trinajstić information content (AvgIpc) is 2.69. The Kier molecular flexibility index (Phi) is 5.71. The summed E-state index contributed by atoms with van der Waals surface area (Å²) in [5.74, 6) is 0.612. The maximum atomic E-state index is 11.7. The Morgan fingerprint density at radius 1 is 1.22 bits per heavy atom. The van der Waals surface area contributed by atoms with E-state index in [4.69, 9.17) is 14.6 Å². The van der Waals surface area contributed by atoms with Crippen molar-refractivity contribution in [2.24, 2.45) is 0 Å². The van der Waals surface area contributed by atoms with E-state index in [0.29, 0.717) is 43.3 Å². The van der Waals surface area contributed by atoms with Crippen molar-refractivity contribution in [3.05, 3.63) is 59.8 Å². The van der Waals surface area contributed by atoms with E-state index in [1.807, 2.05) is 18.2 Å². The number of carbonyl (C=O) groups excluding carboxylic acids is 1. The molecule has 1 N–H and O–H groups in total. The molecule has 2 heterocycles. The van der Waals surface area contributed by atoms with E-state index in [2.05, 4.69) is 4.98 Å². The summed E-state index contributed by atoms with van der Waals surface area (Å²) >= 11 is 0. The minimum atomic E-state index is -0.922. The summed E-state index contributed by atoms with van der Waals surface area (Å²) in [6.45, 7) is 2.85. The molecule has 1 aliphatic heterocycles. The van der Waals surface area contributed by atoms with Crippen LogP contribution in [0.15, 0.2) is 48.7 Å². The van der Waals surface area contributed by atoms with E-state index in [-0.39, 0.29) is 5.97 Å². The molecule has 1 amide bonds. The second-order valence-electron chi connectivity index (χ2n) is 5.91. The molecule has 2 aromatic rings. The van der Waals surface area contributed by atoms with Gasteiger partial charge in [0.05, 0.1) is 12.2 Å². The summed E-state index contributed by atoms with van der Waals surface area (Å²) in [7, 11) is 0. The van der Waals surface area contributed by atoms with Gasteiger partial charge in [-0.3, -0.25) is 0 Å². The third kappa shape index (κ3) is 4.44. The van der Waals surface area contributed by atoms with Gasteiger partial charge < -0.3 is 19.5 Å². The first kappa shape index (κ1) is 18.4. The van der Waals surface area contributed by atoms with Crippen LogP contribution in [0.5, 0.6) is 11.6 Å². The third-order valence-corrected chi connectivity index (χ3v) is 4.18. The van der Waals surface area contributed by atoms with Crippen molar-refractivity contribution in [2.75, 3.05) is 19.7 Å². The first-order chi connectivity index (χ1) is 13.1. The number of pyridine rings is 1. The lowest BCUT2D eigenvalue weighted by atomic mass is 10.0. The van der Waals surface area contributed by atoms with E-state index in [1.54, 1.807) is 37.4 Å². The van der Waals surface area contributed by atoms with Crippen molar-refractivity contribution < 1.29 is 24.2 Å². The minimum Gasteiger partial charge on any atom is -0.465 e. The number of aromatic nitrogens is 1. The Morgan fingerprint density at radius 3 is 2.63 bits per heavy atom. The van der Waals surface area contributed by atoms with E-state index >= 15 is 0 Å². The van der Waals surface area contributed by atoms with Gasteiger partial charge in [-0.05, 0) is 55.3 Å². The summed E-state index contributed by atoms with van der Waals surface area (Å²) in [4.78, 5) is 28.4. The molecule has 0 unspecified atom stereocenters. The number of amides is 1. The van der Waals surface area contributed by atoms with Gasteiger partial charge >= 0.3 is 12.1 Å². The second-order valence-corrected chi connectivity index (χ2v) is 5.91. The first-order valence-corrected chi connectivity index (χ1v) is 8.66. The molecule has 0 bridgehead atoms. The lowest BCUT2D eigenvalue weighted by molar-refractivity contribution is 0.0526. The fraction of sp³-hybridized carbons (Fsp3) is 0.250. The van der Waals surface area contributed by atoms with E-state index < -0.39 is 6.09 Å². The summed E-state index contributed by atoms with van der Waals surface area (Å²) in [5.41, 5.74) is 2.28. The zero-order valence-corrected chi connectivity index (χ0v) is 14.9. The van der Waals surface area contributed by atoms with Crippen molar-refractivity contribution in [3.8, 4) is 11.6 Å². The molecule has 0 saturated heterocycles. The predicted molar refractivity (Wildman–Crippen MR) is 98.9 cm³/mol. The standard InChI is InChI=1S/C20H20N2O5/c1-2-26-19(23)15-5-7-16(8-6-15)27-18-17(4-3-11-21-18)14-9-12-22(13-10-14)20(24)25/h3-9,11H,2,10,12-13H2,1H3,(H,24,25). The van der Waals surface area contributed by atoms with Crippen LogP contribution < -0.4 is 4.74 Å². The number of nitrogens with zero attached hydrogens (tertiary/aromatic N) is 2. The number of rotatable bonds is 5. The SMILES string of the molecule is CCOC(=O)c1ccc(Oc2ncccc2C2=CCN(C(=O)O)CC2)cc1. The van der Waals surface area contributed by atoms with Gasteiger partial charge in [-0.25, -0.2) is 14.6 Å². The summed E-state index contributed by atoms with van der Waals surface area (Å²) in [6, 6.07) is 10.4. The fourth-order valence-electron chi connectivity index (χ4n) is 2.79. The first-order valence-electron chi connectivity index (χ1n) is 8.66. The number of hydrogen-bond donors (Lipinski definition) is 1. The average molecular weight is 368 g/mol. The third-order valence-electron chi connectivity index (χ3n) is 4.18. The molecule has 27 heavy (non-hydrogen) atoms. The zero-order chi connectivity index (χ0) is 19.2. The fourth-order valence-corrected chi connectivity index (χ4v) is 2.79. The molecule has 1 aromatic heterocycles. The highest BCUT2D eigenvalue weighted by atomic mass is 16.5. The van der Waals surface area contributed by atoms with Crippen LogP contribution in [0.25, 0.3) is 5.57 Å². The van der Waals surface area contributed by atoms with Crippen molar-refractivity contribution >= 4 is 17.6 Å². The Bertz CT molecular complexity index is 861. The van der Waals surface area contributed by atoms with Crippen LogP contribution in [0, 0.1) is 0 Å². The number of carbonyl (C=O) groups is 2. The van der Waals surface area contributed by atoms with E-state index in [9.17, 15) is 9.59 Å². The van der Waals surface area contributed by atoms with Crippen LogP contribution in [0.1, 0.15) is 29.3 Å². The van der Waals surface area contributed by atoms with Gasteiger partial charge in [-0.1, -0.05) is 6.08 Å². The molecule has 0 fully saturated rings. The summed E-state index contributed by atoms with van der Waals surface area (Å²) < 4.78 is 10.9. The predicted octanol–water partition coefficient (Wildman–Crippen LogP) is 3.82. The maximum Gasteiger partial charge on any atom is 0.407 e. The smallest absolute Gasteiger partial charge is 0.407 e. The molecule has 3 rings (SSSR count). The molecule has 1 aromatic carbocycles. The van der Waals surface area contributed by atoms with Crippen molar-refractivity contribution in [1.82, 2.24) is 9.88 Å². The normalized spacial score (nSPS) is 13.7. The lowest BCUT2D eigenvalue weighted by Crippen LogP contribution is -2.33. The zero-order valence-electron chi connectivity index (χ0n) is 14.9. The van der Waals surface area contributed by atoms with Gasteiger partial charge in [0.25, 0.3) is 0 Å². The maximum absolute atomic E-state index is 11.7. The van der Waals surface area contributed by atoms with Crippen LogP contribution in [0.3, 0.4) is 0 Å². The highest BCUT2D eigenvalue weighted by Crippen LogP contribution is 2.31. The van der Waals surface area contributed by atoms with Crippen LogP contribution in [-0.4, -0.2) is 46.7 Å². The summed E-state index contributed by atoms with van der Waals surface area (Å²) in [5, 5.41) is 9.07. The molecule has 0 saturated carbocycles. The molecule has 7 nitrogen and oxygen atoms in total. The Balaban J connectivity index is 1.77. The second kappa shape index (κ2) is 8.35. The van der Waals surface area contributed by atoms with Gasteiger partial charge in [0, 0.05) is 24.8 Å². The number of ether oxygens (including phenoxy) is 2. The Morgan fingerprint density at radius 2 is 2.00 bits per heavy atom. The number of hydrogen-bond acceptors (Lipinski definition) is 5. The van der Waals surface area contributed by atoms with Gasteiger partial charge in [0.1, 0.15) is 5.75 Å². The van der Waals surface area contributed by atoms with Gasteiger partial charge in [0.2, 0.25) is 5.88 Å². The molecule has 0 radical (unpaired) electrons. The van der Waals surface area contributed by atoms with Crippen molar-refractivity contribution in [3.63, 3.8) is 0 Å². The van der Waals surface area contributed by atoms with Crippen LogP contribution in [0.2, 0.25) is 0 Å². The van der Waals surface area contributed by atoms with Gasteiger partial charge in [-0.15, -0.1) is 0 Å². The van der Waals surface area contributed by atoms with Crippen molar-refractivity contribution in [2.45, 2.75) is 13.3 Å². The topological polar surface area (TPSA) is 89.0 Å². The molecule has 0 aliphatic carbocycles. The molecule has 0 atom stereocenters. The van der Waals surface area contributed by atoms with Crippen LogP contribution in [0.4, 0.5) is 4.79 Å². The lowest BCUT2D eigenvalue weighted by Gasteiger charge is -2.24. The van der Waals surface area contributed by atoms with Crippen LogP contribution in [-0.2, 0) is 4.74 Å². The largest absolute Gasteiger partial charge is 0.465 e. The molecule has 7 heteroatoms. The van der Waals surface area contributed by atoms with Crippen LogP contribution >= 0.6 is 0 Å². The molecule has 1 aliphatic rings. The number of esters is 1. The number of carboxylic acid groups (broad SMARTS) is 1. The van der Waals surface area contributed by atoms with E-state index in [0.717, 1.165) is 11.1 Å². The molecule has 140 valence electrons. The van der Waals surface area contributed by atoms with Gasteiger partial charge in [0.15, 0.2) is 0 Å². The molecular weight excluding hydrogens is 348 g/mol. The monoisotopic (exact) mass is 368 g/mol. The Labute approximate surface area is 156 Å². The minimum absolute atomic E-state index is 0.322. The van der Waals surface area contributed by atoms with E-state index in [1.165, 1.54) is 4.90 Å². The quantitative estimate of drug-likeness (QED) is 0.807. The van der Waals surface area contributed by atoms with Gasteiger partial charge in [-0.2, -0.15) is 0 Å². The Hall–Kier alpha value is -3.35. The van der Waals surface area contributed by atoms with Crippen molar-refractivity contribution in [1.29, 1.82) is 0 Å². The number of benzene rings is 1.